The van der Waals surface area contributed by atoms with E-state index in [4.69, 9.17) is 14.2 Å². The molecule has 3 aromatic carbocycles. The first-order valence-corrected chi connectivity index (χ1v) is 10.7. The topological polar surface area (TPSA) is 78.9 Å². The summed E-state index contributed by atoms with van der Waals surface area (Å²) in [5.74, 6) is -2.99. The van der Waals surface area contributed by atoms with Crippen molar-refractivity contribution in [3.05, 3.63) is 108 Å². The summed E-state index contributed by atoms with van der Waals surface area (Å²) in [5, 5.41) is 0. The van der Waals surface area contributed by atoms with E-state index >= 15 is 0 Å². The highest BCUT2D eigenvalue weighted by molar-refractivity contribution is 6.17. The molecule has 33 heavy (non-hydrogen) atoms. The molecule has 3 aromatic rings. The Morgan fingerprint density at radius 3 is 1.06 bits per heavy atom. The van der Waals surface area contributed by atoms with Crippen molar-refractivity contribution >= 4 is 17.9 Å². The van der Waals surface area contributed by atoms with E-state index in [1.165, 1.54) is 0 Å². The van der Waals surface area contributed by atoms with Gasteiger partial charge in [0.1, 0.15) is 19.8 Å². The molecule has 6 nitrogen and oxygen atoms in total. The third-order valence-corrected chi connectivity index (χ3v) is 5.21. The van der Waals surface area contributed by atoms with Crippen molar-refractivity contribution in [3.8, 4) is 0 Å². The Balaban J connectivity index is 1.79. The molecule has 0 saturated carbocycles. The molecule has 0 aliphatic heterocycles. The van der Waals surface area contributed by atoms with Gasteiger partial charge in [0, 0.05) is 0 Å². The molecule has 0 atom stereocenters. The molecule has 0 unspecified atom stereocenters. The maximum Gasteiger partial charge on any atom is 0.335 e. The smallest absolute Gasteiger partial charge is 0.335 e. The van der Waals surface area contributed by atoms with E-state index in [0.717, 1.165) is 16.7 Å². The largest absolute Gasteiger partial charge is 0.460 e. The second-order valence-corrected chi connectivity index (χ2v) is 7.44. The van der Waals surface area contributed by atoms with Crippen molar-refractivity contribution < 1.29 is 28.6 Å². The standard InChI is InChI=1S/C27H26O6/c1-2-27(24(28)31-18-21-12-6-3-7-13-21,25(29)32-19-22-14-8-4-9-15-22)26(30)33-20-23-16-10-5-11-17-23/h3-17H,2,18-20H2,1H3. The van der Waals surface area contributed by atoms with E-state index in [0.29, 0.717) is 0 Å². The number of esters is 3. The van der Waals surface area contributed by atoms with Crippen LogP contribution in [0.1, 0.15) is 30.0 Å². The fourth-order valence-corrected chi connectivity index (χ4v) is 3.22. The van der Waals surface area contributed by atoms with Crippen LogP contribution in [0.25, 0.3) is 0 Å². The van der Waals surface area contributed by atoms with Crippen LogP contribution in [0.4, 0.5) is 0 Å². The summed E-state index contributed by atoms with van der Waals surface area (Å²) >= 11 is 0. The first-order chi connectivity index (χ1) is 16.1. The highest BCUT2D eigenvalue weighted by Crippen LogP contribution is 2.30. The van der Waals surface area contributed by atoms with Gasteiger partial charge in [0.15, 0.2) is 0 Å². The van der Waals surface area contributed by atoms with Crippen molar-refractivity contribution in [2.45, 2.75) is 33.2 Å². The molecular formula is C27H26O6. The molecule has 0 fully saturated rings. The van der Waals surface area contributed by atoms with Crippen molar-refractivity contribution in [1.82, 2.24) is 0 Å². The highest BCUT2D eigenvalue weighted by atomic mass is 16.6. The summed E-state index contributed by atoms with van der Waals surface area (Å²) in [5.41, 5.74) is -0.0401. The van der Waals surface area contributed by atoms with Gasteiger partial charge in [-0.25, -0.2) is 0 Å². The third-order valence-electron chi connectivity index (χ3n) is 5.21. The zero-order chi connectivity index (χ0) is 23.5. The van der Waals surface area contributed by atoms with Crippen molar-refractivity contribution in [2.75, 3.05) is 0 Å². The van der Waals surface area contributed by atoms with Crippen LogP contribution in [0, 0.1) is 5.41 Å². The van der Waals surface area contributed by atoms with Crippen molar-refractivity contribution in [2.24, 2.45) is 5.41 Å². The van der Waals surface area contributed by atoms with Crippen LogP contribution in [0.15, 0.2) is 91.0 Å². The molecule has 0 amide bonds. The fourth-order valence-electron chi connectivity index (χ4n) is 3.22. The molecule has 3 rings (SSSR count). The number of ether oxygens (including phenoxy) is 3. The predicted octanol–water partition coefficient (Wildman–Crippen LogP) is 4.61. The molecule has 0 aliphatic rings. The quantitative estimate of drug-likeness (QED) is 0.257. The van der Waals surface area contributed by atoms with E-state index in [9.17, 15) is 14.4 Å². The normalized spacial score (nSPS) is 10.8. The Labute approximate surface area is 193 Å². The number of hydrogen-bond acceptors (Lipinski definition) is 6. The highest BCUT2D eigenvalue weighted by Gasteiger charge is 2.56. The Morgan fingerprint density at radius 1 is 0.545 bits per heavy atom. The summed E-state index contributed by atoms with van der Waals surface area (Å²) in [6.07, 6.45) is -0.165. The van der Waals surface area contributed by atoms with Crippen molar-refractivity contribution in [1.29, 1.82) is 0 Å². The molecular weight excluding hydrogens is 420 g/mol. The Kier molecular flexibility index (Phi) is 8.36. The zero-order valence-electron chi connectivity index (χ0n) is 18.4. The van der Waals surface area contributed by atoms with Crippen LogP contribution in [0.2, 0.25) is 0 Å². The lowest BCUT2D eigenvalue weighted by molar-refractivity contribution is -0.186. The van der Waals surface area contributed by atoms with Gasteiger partial charge in [-0.1, -0.05) is 97.9 Å². The summed E-state index contributed by atoms with van der Waals surface area (Å²) in [6, 6.07) is 27.0. The van der Waals surface area contributed by atoms with Gasteiger partial charge in [0.2, 0.25) is 0 Å². The van der Waals surface area contributed by atoms with E-state index in [1.807, 2.05) is 18.2 Å². The Morgan fingerprint density at radius 2 is 0.818 bits per heavy atom. The predicted molar refractivity (Wildman–Crippen MR) is 121 cm³/mol. The molecule has 0 saturated heterocycles. The summed E-state index contributed by atoms with van der Waals surface area (Å²) in [6.45, 7) is 1.30. The zero-order valence-corrected chi connectivity index (χ0v) is 18.4. The van der Waals surface area contributed by atoms with E-state index < -0.39 is 23.3 Å². The Hall–Kier alpha value is -3.93. The number of hydrogen-bond donors (Lipinski definition) is 0. The van der Waals surface area contributed by atoms with Gasteiger partial charge in [0.25, 0.3) is 5.41 Å². The molecule has 0 radical (unpaired) electrons. The lowest BCUT2D eigenvalue weighted by atomic mass is 9.85. The average molecular weight is 446 g/mol. The second kappa shape index (κ2) is 11.6. The minimum absolute atomic E-state index is 0.0840. The van der Waals surface area contributed by atoms with Gasteiger partial charge < -0.3 is 14.2 Å². The minimum atomic E-state index is -2.22. The van der Waals surface area contributed by atoms with Crippen LogP contribution < -0.4 is 0 Å². The first-order valence-electron chi connectivity index (χ1n) is 10.7. The monoisotopic (exact) mass is 446 g/mol. The SMILES string of the molecule is CCC(C(=O)OCc1ccccc1)(C(=O)OCc1ccccc1)C(=O)OCc1ccccc1. The van der Waals surface area contributed by atoms with Gasteiger partial charge >= 0.3 is 17.9 Å². The summed E-state index contributed by atoms with van der Waals surface area (Å²) < 4.78 is 16.2. The maximum atomic E-state index is 13.2. The maximum absolute atomic E-state index is 13.2. The molecule has 0 aromatic heterocycles. The lowest BCUT2D eigenvalue weighted by Gasteiger charge is -2.26. The summed E-state index contributed by atoms with van der Waals surface area (Å²) in [4.78, 5) is 39.5. The van der Waals surface area contributed by atoms with E-state index in [-0.39, 0.29) is 26.2 Å². The molecule has 0 spiro atoms. The van der Waals surface area contributed by atoms with Gasteiger partial charge in [-0.05, 0) is 23.1 Å². The van der Waals surface area contributed by atoms with Crippen LogP contribution in [0.5, 0.6) is 0 Å². The molecule has 0 heterocycles. The number of rotatable bonds is 10. The molecule has 6 heteroatoms. The van der Waals surface area contributed by atoms with Crippen LogP contribution in [-0.2, 0) is 48.4 Å². The molecule has 0 bridgehead atoms. The summed E-state index contributed by atoms with van der Waals surface area (Å²) in [7, 11) is 0. The average Bonchev–Trinajstić information content (AvgIpc) is 2.87. The fraction of sp³-hybridized carbons (Fsp3) is 0.222. The molecule has 0 N–H and O–H groups in total. The van der Waals surface area contributed by atoms with Crippen LogP contribution >= 0.6 is 0 Å². The minimum Gasteiger partial charge on any atom is -0.460 e. The van der Waals surface area contributed by atoms with E-state index in [1.54, 1.807) is 79.7 Å². The van der Waals surface area contributed by atoms with E-state index in [2.05, 4.69) is 0 Å². The van der Waals surface area contributed by atoms with Crippen molar-refractivity contribution in [3.63, 3.8) is 0 Å². The van der Waals surface area contributed by atoms with Gasteiger partial charge in [-0.3, -0.25) is 14.4 Å². The van der Waals surface area contributed by atoms with Gasteiger partial charge in [-0.15, -0.1) is 0 Å². The molecule has 170 valence electrons. The lowest BCUT2D eigenvalue weighted by Crippen LogP contribution is -2.49. The second-order valence-electron chi connectivity index (χ2n) is 7.44. The third kappa shape index (κ3) is 6.07. The van der Waals surface area contributed by atoms with Crippen LogP contribution in [0.3, 0.4) is 0 Å². The van der Waals surface area contributed by atoms with Gasteiger partial charge in [0.05, 0.1) is 0 Å². The van der Waals surface area contributed by atoms with Gasteiger partial charge in [-0.2, -0.15) is 0 Å². The number of carbonyl (C=O) groups excluding carboxylic acids is 3. The Bertz CT molecular complexity index is 913. The number of benzene rings is 3. The van der Waals surface area contributed by atoms with Crippen LogP contribution in [-0.4, -0.2) is 17.9 Å². The molecule has 0 aliphatic carbocycles. The number of carbonyl (C=O) groups is 3. The first kappa shape index (κ1) is 23.7.